The molecule has 8 aliphatic rings. The van der Waals surface area contributed by atoms with Crippen molar-refractivity contribution in [2.24, 2.45) is 0 Å². The van der Waals surface area contributed by atoms with Crippen molar-refractivity contribution < 1.29 is 188 Å². The van der Waals surface area contributed by atoms with Crippen molar-refractivity contribution in [1.82, 2.24) is 0 Å². The van der Waals surface area contributed by atoms with Crippen LogP contribution >= 0.6 is 0 Å². The zero-order chi connectivity index (χ0) is 61.3. The highest BCUT2D eigenvalue weighted by atomic mass is 16.8. The second-order valence-electron chi connectivity index (χ2n) is 21.3. The van der Waals surface area contributed by atoms with Crippen molar-refractivity contribution in [2.45, 2.75) is 227 Å². The van der Waals surface area contributed by atoms with E-state index in [0.29, 0.717) is 0 Å². The first-order chi connectivity index (χ1) is 39.9. The molecule has 0 aromatic heterocycles. The zero-order valence-electron chi connectivity index (χ0n) is 44.4. The fourth-order valence-electron chi connectivity index (χ4n) is 10.7. The van der Waals surface area contributed by atoms with Crippen molar-refractivity contribution >= 4 is 0 Å². The molecule has 84 heavy (non-hydrogen) atoms. The molecular weight excluding hydrogens is 1160 g/mol. The average Bonchev–Trinajstić information content (AvgIpc) is 4.18. The largest absolute Gasteiger partial charge is 0.394 e. The molecule has 38 heteroatoms. The Hall–Kier alpha value is -1.52. The number of aliphatic hydroxyl groups is 22. The molecule has 0 bridgehead atoms. The molecule has 0 radical (unpaired) electrons. The van der Waals surface area contributed by atoms with Gasteiger partial charge in [0.2, 0.25) is 0 Å². The topological polar surface area (TPSA) is 593 Å². The van der Waals surface area contributed by atoms with Gasteiger partial charge < -0.3 is 188 Å². The fraction of sp³-hybridized carbons (Fsp3) is 1.00. The number of aliphatic hydroxyl groups excluding tert-OH is 22. The van der Waals surface area contributed by atoms with Crippen LogP contribution in [0.5, 0.6) is 0 Å². The Labute approximate surface area is 474 Å². The Balaban J connectivity index is 0.950. The van der Waals surface area contributed by atoms with Gasteiger partial charge in [-0.3, -0.25) is 0 Å². The second kappa shape index (κ2) is 29.6. The van der Waals surface area contributed by atoms with E-state index in [0.717, 1.165) is 7.11 Å². The van der Waals surface area contributed by atoms with E-state index in [2.05, 4.69) is 0 Å². The lowest BCUT2D eigenvalue weighted by molar-refractivity contribution is -0.385. The van der Waals surface area contributed by atoms with E-state index in [1.165, 1.54) is 0 Å². The SMILES string of the molecule is CO[C@@H]1C(O)[C@H](O[C@@H]2C(O)[C@H](O[C@@H]3C(O)[C@H](O)OC(CO[C@@H]4O[C@H](CO)[C@H](O[C@@H]5O[C@H](CO)[C@H](O)C5O)C4O)[C@@H]3O)OC(CO[C@@H]3O[C@H](CO)[C@H](O)C3O)[C@@H]2O)OC(CO[C@@H]2OC(CO[C@@H]3OC(CO)[C@H](O)[C@H](O)C3O)[C@H](O)[C@H](O)C2O)[C@@H]1O. The van der Waals surface area contributed by atoms with Crippen molar-refractivity contribution in [3.8, 4) is 0 Å². The summed E-state index contributed by atoms with van der Waals surface area (Å²) in [7, 11) is 1.05. The molecule has 0 aromatic rings. The minimum atomic E-state index is -2.29. The first kappa shape index (κ1) is 68.4. The van der Waals surface area contributed by atoms with Crippen molar-refractivity contribution in [2.75, 3.05) is 60.0 Å². The van der Waals surface area contributed by atoms with Crippen LogP contribution in [-0.2, 0) is 75.8 Å². The summed E-state index contributed by atoms with van der Waals surface area (Å²) >= 11 is 0. The highest BCUT2D eigenvalue weighted by molar-refractivity contribution is 4.99. The molecule has 37 atom stereocenters. The highest BCUT2D eigenvalue weighted by Crippen LogP contribution is 2.37. The van der Waals surface area contributed by atoms with E-state index >= 15 is 0 Å². The van der Waals surface area contributed by atoms with E-state index in [1.807, 2.05) is 0 Å². The summed E-state index contributed by atoms with van der Waals surface area (Å²) in [6.07, 6.45) is -66.9. The third kappa shape index (κ3) is 14.3. The molecule has 8 fully saturated rings. The summed E-state index contributed by atoms with van der Waals surface area (Å²) < 4.78 is 89.3. The lowest BCUT2D eigenvalue weighted by Gasteiger charge is -2.48. The number of hydrogen-bond donors (Lipinski definition) is 22. The van der Waals surface area contributed by atoms with Gasteiger partial charge in [-0.15, -0.1) is 0 Å². The molecule has 8 rings (SSSR count). The molecule has 0 amide bonds. The summed E-state index contributed by atoms with van der Waals surface area (Å²) in [5.41, 5.74) is 0. The van der Waals surface area contributed by atoms with Crippen LogP contribution in [0, 0.1) is 0 Å². The smallest absolute Gasteiger partial charge is 0.187 e. The predicted octanol–water partition coefficient (Wildman–Crippen LogP) is -15.9. The molecule has 38 nitrogen and oxygen atoms in total. The second-order valence-corrected chi connectivity index (χ2v) is 21.3. The minimum absolute atomic E-state index is 0.709. The molecule has 8 aliphatic heterocycles. The molecule has 13 unspecified atom stereocenters. The van der Waals surface area contributed by atoms with E-state index in [-0.39, 0.29) is 0 Å². The van der Waals surface area contributed by atoms with Crippen LogP contribution in [0.25, 0.3) is 0 Å². The molecule has 8 heterocycles. The third-order valence-corrected chi connectivity index (χ3v) is 15.8. The van der Waals surface area contributed by atoms with Crippen molar-refractivity contribution in [3.63, 3.8) is 0 Å². The highest BCUT2D eigenvalue weighted by Gasteiger charge is 2.57. The van der Waals surface area contributed by atoms with Gasteiger partial charge in [0.15, 0.2) is 50.3 Å². The quantitative estimate of drug-likeness (QED) is 0.0452. The summed E-state index contributed by atoms with van der Waals surface area (Å²) in [5.74, 6) is 0. The molecule has 22 N–H and O–H groups in total. The maximum absolute atomic E-state index is 11.9. The minimum Gasteiger partial charge on any atom is -0.394 e. The fourth-order valence-corrected chi connectivity index (χ4v) is 10.7. The Morgan fingerprint density at radius 2 is 0.500 bits per heavy atom. The first-order valence-corrected chi connectivity index (χ1v) is 26.8. The number of rotatable bonds is 23. The summed E-state index contributed by atoms with van der Waals surface area (Å²) in [5, 5.41) is 234. The summed E-state index contributed by atoms with van der Waals surface area (Å²) in [4.78, 5) is 0. The van der Waals surface area contributed by atoms with Crippen LogP contribution in [0.15, 0.2) is 0 Å². The third-order valence-electron chi connectivity index (χ3n) is 15.8. The Morgan fingerprint density at radius 3 is 0.940 bits per heavy atom. The van der Waals surface area contributed by atoms with Crippen molar-refractivity contribution in [1.29, 1.82) is 0 Å². The average molecular weight is 1240 g/mol. The van der Waals surface area contributed by atoms with Gasteiger partial charge in [0, 0.05) is 7.11 Å². The zero-order valence-corrected chi connectivity index (χ0v) is 44.4. The maximum Gasteiger partial charge on any atom is 0.187 e. The standard InChI is InChI=1S/C46H78O38/c1-69-36-22(55)16(8-72-42-30(63)26(59)21(54)14(79-42)6-70-41-29(62)25(58)18(51)10(2-47)75-41)80-45(33(36)66)84-38-24(57)17(9-71-40-27(60)19(52)11(3-48)76-40)81-46(34(38)67)83-37-23(56)15(74-39(68)31(37)64)7-73-43-32(65)35(13(5-50)78-43)82-44-28(61)20(53)12(4-49)77-44/h10-68H,2-9H2,1H3/t10?,11-,12-,13-,14?,15?,16?,17?,18+,19+,20+,21+,22+,23+,24+,25+,26+,27?,28?,29?,30?,31?,32?,33?,34?,35+,36+,37+,38+,39-,40-,41-,42-,43-,44+,45+,46+/m1/s1. The van der Waals surface area contributed by atoms with Gasteiger partial charge in [0.1, 0.15) is 177 Å². The molecule has 0 saturated carbocycles. The van der Waals surface area contributed by atoms with Crippen LogP contribution in [0.1, 0.15) is 0 Å². The molecule has 490 valence electrons. The summed E-state index contributed by atoms with van der Waals surface area (Å²) in [6, 6.07) is 0. The van der Waals surface area contributed by atoms with Gasteiger partial charge in [0.25, 0.3) is 0 Å². The number of ether oxygens (including phenoxy) is 16. The van der Waals surface area contributed by atoms with Gasteiger partial charge in [-0.25, -0.2) is 0 Å². The van der Waals surface area contributed by atoms with Crippen molar-refractivity contribution in [3.05, 3.63) is 0 Å². The first-order valence-electron chi connectivity index (χ1n) is 26.8. The van der Waals surface area contributed by atoms with Gasteiger partial charge in [-0.2, -0.15) is 0 Å². The van der Waals surface area contributed by atoms with E-state index < -0.39 is 280 Å². The molecule has 0 spiro atoms. The van der Waals surface area contributed by atoms with E-state index in [9.17, 15) is 112 Å². The lowest BCUT2D eigenvalue weighted by Crippen LogP contribution is -2.67. The number of methoxy groups -OCH3 is 1. The van der Waals surface area contributed by atoms with E-state index in [1.54, 1.807) is 0 Å². The Morgan fingerprint density at radius 1 is 0.238 bits per heavy atom. The van der Waals surface area contributed by atoms with Gasteiger partial charge in [-0.1, -0.05) is 0 Å². The van der Waals surface area contributed by atoms with Crippen LogP contribution < -0.4 is 0 Å². The predicted molar refractivity (Wildman–Crippen MR) is 251 cm³/mol. The van der Waals surface area contributed by atoms with E-state index in [4.69, 9.17) is 75.8 Å². The monoisotopic (exact) mass is 1240 g/mol. The van der Waals surface area contributed by atoms with Crippen LogP contribution in [-0.4, -0.2) is 400 Å². The summed E-state index contributed by atoms with van der Waals surface area (Å²) in [6.45, 7) is -6.32. The Bertz CT molecular complexity index is 1990. The normalized spacial score (nSPS) is 53.0. The maximum atomic E-state index is 11.9. The Kier molecular flexibility index (Phi) is 24.1. The van der Waals surface area contributed by atoms with Gasteiger partial charge in [-0.05, 0) is 0 Å². The molecule has 0 aromatic carbocycles. The van der Waals surface area contributed by atoms with Crippen LogP contribution in [0.4, 0.5) is 0 Å². The van der Waals surface area contributed by atoms with Gasteiger partial charge in [0.05, 0.1) is 52.9 Å². The molecule has 8 saturated heterocycles. The van der Waals surface area contributed by atoms with Crippen LogP contribution in [0.2, 0.25) is 0 Å². The molecule has 0 aliphatic carbocycles. The van der Waals surface area contributed by atoms with Crippen LogP contribution in [0.3, 0.4) is 0 Å². The number of hydrogen-bond acceptors (Lipinski definition) is 38. The molecular formula is C46H78O38. The van der Waals surface area contributed by atoms with Gasteiger partial charge >= 0.3 is 0 Å². The lowest BCUT2D eigenvalue weighted by atomic mass is 9.95.